The van der Waals surface area contributed by atoms with Crippen LogP contribution in [-0.2, 0) is 0 Å². The van der Waals surface area contributed by atoms with Gasteiger partial charge in [-0.25, -0.2) is 4.79 Å². The minimum absolute atomic E-state index is 0.233. The maximum atomic E-state index is 12.6. The summed E-state index contributed by atoms with van der Waals surface area (Å²) in [4.78, 5) is 23.4. The van der Waals surface area contributed by atoms with Crippen molar-refractivity contribution in [2.24, 2.45) is 5.73 Å². The highest BCUT2D eigenvalue weighted by Gasteiger charge is 2.16. The number of hydrogen-bond acceptors (Lipinski definition) is 4. The van der Waals surface area contributed by atoms with Crippen molar-refractivity contribution >= 4 is 17.6 Å². The molecule has 0 aromatic heterocycles. The minimum Gasteiger partial charge on any atom is -0.496 e. The Hall–Kier alpha value is -3.22. The van der Waals surface area contributed by atoms with E-state index in [2.05, 4.69) is 10.6 Å². The topological polar surface area (TPSA) is 103 Å². The van der Waals surface area contributed by atoms with Crippen LogP contribution in [0.2, 0.25) is 0 Å². The molecule has 0 radical (unpaired) electrons. The van der Waals surface area contributed by atoms with Crippen LogP contribution in [0.1, 0.15) is 34.5 Å². The van der Waals surface area contributed by atoms with Crippen molar-refractivity contribution < 1.29 is 19.1 Å². The monoisotopic (exact) mass is 357 g/mol. The van der Waals surface area contributed by atoms with Crippen LogP contribution < -0.4 is 25.8 Å². The first-order valence-electron chi connectivity index (χ1n) is 8.05. The predicted molar refractivity (Wildman–Crippen MR) is 99.8 cm³/mol. The lowest BCUT2D eigenvalue weighted by atomic mass is 10.1. The molecule has 2 aromatic carbocycles. The number of methoxy groups -OCH3 is 2. The number of carbonyl (C=O) groups excluding carboxylic acids is 2. The van der Waals surface area contributed by atoms with Gasteiger partial charge >= 0.3 is 6.03 Å². The smallest absolute Gasteiger partial charge is 0.316 e. The summed E-state index contributed by atoms with van der Waals surface area (Å²) >= 11 is 0. The van der Waals surface area contributed by atoms with Crippen LogP contribution in [0.25, 0.3) is 0 Å². The van der Waals surface area contributed by atoms with Gasteiger partial charge in [-0.2, -0.15) is 0 Å². The van der Waals surface area contributed by atoms with Crippen LogP contribution in [-0.4, -0.2) is 26.2 Å². The number of anilines is 1. The predicted octanol–water partition coefficient (Wildman–Crippen LogP) is 2.99. The van der Waals surface area contributed by atoms with E-state index in [1.807, 2.05) is 26.0 Å². The fraction of sp³-hybridized carbons (Fsp3) is 0.263. The first-order valence-corrected chi connectivity index (χ1v) is 8.05. The van der Waals surface area contributed by atoms with E-state index in [4.69, 9.17) is 15.2 Å². The number of primary amides is 1. The molecule has 26 heavy (non-hydrogen) atoms. The molecule has 4 N–H and O–H groups in total. The molecule has 0 bridgehead atoms. The van der Waals surface area contributed by atoms with Crippen LogP contribution in [0.4, 0.5) is 10.5 Å². The molecular formula is C19H23N3O4. The van der Waals surface area contributed by atoms with Gasteiger partial charge in [0.25, 0.3) is 5.91 Å². The fourth-order valence-corrected chi connectivity index (χ4v) is 2.58. The Kier molecular flexibility index (Phi) is 6.06. The Bertz CT molecular complexity index is 778. The quantitative estimate of drug-likeness (QED) is 0.739. The van der Waals surface area contributed by atoms with Crippen LogP contribution >= 0.6 is 0 Å². The summed E-state index contributed by atoms with van der Waals surface area (Å²) in [6.45, 7) is 3.74. The highest BCUT2D eigenvalue weighted by atomic mass is 16.5. The first kappa shape index (κ1) is 19.1. The lowest BCUT2D eigenvalue weighted by Gasteiger charge is -2.17. The van der Waals surface area contributed by atoms with E-state index in [0.29, 0.717) is 22.7 Å². The van der Waals surface area contributed by atoms with Gasteiger partial charge in [-0.3, -0.25) is 4.79 Å². The molecule has 0 aliphatic heterocycles. The highest BCUT2D eigenvalue weighted by molar-refractivity contribution is 5.95. The third-order valence-electron chi connectivity index (χ3n) is 4.04. The van der Waals surface area contributed by atoms with Gasteiger partial charge in [0.1, 0.15) is 11.5 Å². The molecule has 0 saturated carbocycles. The number of rotatable bonds is 6. The molecule has 138 valence electrons. The molecule has 1 unspecified atom stereocenters. The molecule has 0 fully saturated rings. The standard InChI is InChI=1S/C19H23N3O4/c1-11-16(25-3)9-14(10-17(11)26-4)18(23)21-12(2)13-5-7-15(8-6-13)22-19(20)24/h5-10,12H,1-4H3,(H,21,23)(H3,20,22,24). The molecule has 0 aliphatic carbocycles. The number of hydrogen-bond donors (Lipinski definition) is 3. The van der Waals surface area contributed by atoms with Crippen molar-refractivity contribution in [3.8, 4) is 11.5 Å². The number of nitrogens with two attached hydrogens (primary N) is 1. The van der Waals surface area contributed by atoms with Crippen molar-refractivity contribution in [2.75, 3.05) is 19.5 Å². The second-order valence-corrected chi connectivity index (χ2v) is 5.81. The summed E-state index contributed by atoms with van der Waals surface area (Å²) < 4.78 is 10.6. The van der Waals surface area contributed by atoms with E-state index in [-0.39, 0.29) is 11.9 Å². The fourth-order valence-electron chi connectivity index (χ4n) is 2.58. The van der Waals surface area contributed by atoms with E-state index in [1.165, 1.54) is 0 Å². The summed E-state index contributed by atoms with van der Waals surface area (Å²) in [5.74, 6) is 0.932. The third kappa shape index (κ3) is 4.44. The Morgan fingerprint density at radius 2 is 1.58 bits per heavy atom. The Labute approximate surface area is 152 Å². The Morgan fingerprint density at radius 1 is 1.04 bits per heavy atom. The summed E-state index contributed by atoms with van der Waals surface area (Å²) in [6.07, 6.45) is 0. The maximum Gasteiger partial charge on any atom is 0.316 e. The molecule has 7 nitrogen and oxygen atoms in total. The van der Waals surface area contributed by atoms with Gasteiger partial charge in [0.2, 0.25) is 0 Å². The number of ether oxygens (including phenoxy) is 2. The second kappa shape index (κ2) is 8.24. The van der Waals surface area contributed by atoms with Gasteiger partial charge in [-0.05, 0) is 43.7 Å². The van der Waals surface area contributed by atoms with E-state index >= 15 is 0 Å². The van der Waals surface area contributed by atoms with Gasteiger partial charge in [-0.15, -0.1) is 0 Å². The number of nitrogens with one attached hydrogen (secondary N) is 2. The lowest BCUT2D eigenvalue weighted by molar-refractivity contribution is 0.0939. The summed E-state index contributed by atoms with van der Waals surface area (Å²) in [5.41, 5.74) is 7.84. The molecule has 7 heteroatoms. The average molecular weight is 357 g/mol. The average Bonchev–Trinajstić information content (AvgIpc) is 2.61. The van der Waals surface area contributed by atoms with E-state index < -0.39 is 6.03 Å². The molecular weight excluding hydrogens is 334 g/mol. The van der Waals surface area contributed by atoms with Gasteiger partial charge < -0.3 is 25.8 Å². The van der Waals surface area contributed by atoms with Gasteiger partial charge in [0.05, 0.1) is 20.3 Å². The van der Waals surface area contributed by atoms with Crippen LogP contribution in [0, 0.1) is 6.92 Å². The van der Waals surface area contributed by atoms with Crippen molar-refractivity contribution in [2.45, 2.75) is 19.9 Å². The largest absolute Gasteiger partial charge is 0.496 e. The first-order chi connectivity index (χ1) is 12.3. The SMILES string of the molecule is COc1cc(C(=O)NC(C)c2ccc(NC(N)=O)cc2)cc(OC)c1C. The zero-order valence-electron chi connectivity index (χ0n) is 15.3. The summed E-state index contributed by atoms with van der Waals surface area (Å²) in [5, 5.41) is 5.42. The Morgan fingerprint density at radius 3 is 2.04 bits per heavy atom. The molecule has 0 aliphatic rings. The van der Waals surface area contributed by atoms with Crippen molar-refractivity contribution in [3.63, 3.8) is 0 Å². The van der Waals surface area contributed by atoms with Crippen molar-refractivity contribution in [1.29, 1.82) is 0 Å². The normalized spacial score (nSPS) is 11.4. The molecule has 0 heterocycles. The van der Waals surface area contributed by atoms with E-state index in [1.54, 1.807) is 38.5 Å². The van der Waals surface area contributed by atoms with Gasteiger partial charge in [0, 0.05) is 16.8 Å². The number of carbonyl (C=O) groups is 2. The Balaban J connectivity index is 2.15. The lowest BCUT2D eigenvalue weighted by Crippen LogP contribution is -2.26. The van der Waals surface area contributed by atoms with E-state index in [9.17, 15) is 9.59 Å². The zero-order chi connectivity index (χ0) is 19.3. The molecule has 0 spiro atoms. The molecule has 1 atom stereocenters. The van der Waals surface area contributed by atoms with Gasteiger partial charge in [-0.1, -0.05) is 12.1 Å². The maximum absolute atomic E-state index is 12.6. The van der Waals surface area contributed by atoms with E-state index in [0.717, 1.165) is 11.1 Å². The minimum atomic E-state index is -0.624. The summed E-state index contributed by atoms with van der Waals surface area (Å²) in [6, 6.07) is 9.57. The van der Waals surface area contributed by atoms with Crippen LogP contribution in [0.5, 0.6) is 11.5 Å². The molecule has 2 rings (SSSR count). The van der Waals surface area contributed by atoms with Crippen LogP contribution in [0.3, 0.4) is 0 Å². The zero-order valence-corrected chi connectivity index (χ0v) is 15.3. The van der Waals surface area contributed by atoms with Crippen molar-refractivity contribution in [3.05, 3.63) is 53.1 Å². The number of benzene rings is 2. The third-order valence-corrected chi connectivity index (χ3v) is 4.04. The number of urea groups is 1. The second-order valence-electron chi connectivity index (χ2n) is 5.81. The van der Waals surface area contributed by atoms with Gasteiger partial charge in [0.15, 0.2) is 0 Å². The molecule has 2 aromatic rings. The summed E-state index contributed by atoms with van der Waals surface area (Å²) in [7, 11) is 3.10. The molecule has 0 saturated heterocycles. The number of amides is 3. The van der Waals surface area contributed by atoms with Crippen LogP contribution in [0.15, 0.2) is 36.4 Å². The van der Waals surface area contributed by atoms with Crippen molar-refractivity contribution in [1.82, 2.24) is 5.32 Å². The highest BCUT2D eigenvalue weighted by Crippen LogP contribution is 2.29. The molecule has 3 amide bonds.